The van der Waals surface area contributed by atoms with Gasteiger partial charge in [-0.15, -0.1) is 0 Å². The molecule has 2 heteroatoms. The highest BCUT2D eigenvalue weighted by Crippen LogP contribution is 2.32. The summed E-state index contributed by atoms with van der Waals surface area (Å²) in [6, 6.07) is 16.5. The number of benzene rings is 2. The Morgan fingerprint density at radius 2 is 1.64 bits per heavy atom. The van der Waals surface area contributed by atoms with Gasteiger partial charge in [-0.2, -0.15) is 0 Å². The Hall–Kier alpha value is -1.80. The standard InChI is InChI=1S/C20H24O2/c21-14-19-8-4-5-9-20(19)22-15-16-10-12-18(13-11-16)17-6-2-1-3-7-17/h4-5,8-13,17,21H,1-3,6-7,14-15H2. The summed E-state index contributed by atoms with van der Waals surface area (Å²) in [5.41, 5.74) is 3.48. The van der Waals surface area contributed by atoms with Crippen molar-refractivity contribution in [3.05, 3.63) is 65.2 Å². The maximum atomic E-state index is 9.32. The van der Waals surface area contributed by atoms with Crippen LogP contribution >= 0.6 is 0 Å². The smallest absolute Gasteiger partial charge is 0.125 e. The third kappa shape index (κ3) is 3.69. The average Bonchev–Trinajstić information content (AvgIpc) is 2.61. The van der Waals surface area contributed by atoms with Gasteiger partial charge in [0, 0.05) is 5.56 Å². The van der Waals surface area contributed by atoms with E-state index in [0.29, 0.717) is 6.61 Å². The first-order chi connectivity index (χ1) is 10.9. The molecule has 0 unspecified atom stereocenters. The van der Waals surface area contributed by atoms with E-state index in [0.717, 1.165) is 17.2 Å². The van der Waals surface area contributed by atoms with E-state index in [1.807, 2.05) is 24.3 Å². The molecule has 2 aromatic rings. The molecule has 0 aromatic heterocycles. The lowest BCUT2D eigenvalue weighted by Crippen LogP contribution is -2.05. The van der Waals surface area contributed by atoms with E-state index in [9.17, 15) is 5.11 Å². The minimum atomic E-state index is 0.0107. The summed E-state index contributed by atoms with van der Waals surface area (Å²) in [7, 11) is 0. The second kappa shape index (κ2) is 7.46. The van der Waals surface area contributed by atoms with Crippen molar-refractivity contribution in [2.45, 2.75) is 51.2 Å². The van der Waals surface area contributed by atoms with Crippen LogP contribution in [0.15, 0.2) is 48.5 Å². The van der Waals surface area contributed by atoms with Gasteiger partial charge in [0.2, 0.25) is 0 Å². The third-order valence-corrected chi connectivity index (χ3v) is 4.59. The molecule has 1 aliphatic carbocycles. The van der Waals surface area contributed by atoms with Crippen LogP contribution in [0.4, 0.5) is 0 Å². The van der Waals surface area contributed by atoms with Gasteiger partial charge < -0.3 is 9.84 Å². The van der Waals surface area contributed by atoms with E-state index in [1.165, 1.54) is 43.2 Å². The lowest BCUT2D eigenvalue weighted by atomic mass is 9.84. The molecular formula is C20H24O2. The highest BCUT2D eigenvalue weighted by molar-refractivity contribution is 5.33. The molecule has 0 aliphatic heterocycles. The molecule has 1 N–H and O–H groups in total. The van der Waals surface area contributed by atoms with Crippen molar-refractivity contribution in [3.63, 3.8) is 0 Å². The van der Waals surface area contributed by atoms with Gasteiger partial charge in [-0.1, -0.05) is 61.7 Å². The van der Waals surface area contributed by atoms with E-state index in [-0.39, 0.29) is 6.61 Å². The SMILES string of the molecule is OCc1ccccc1OCc1ccc(C2CCCCC2)cc1. The highest BCUT2D eigenvalue weighted by atomic mass is 16.5. The van der Waals surface area contributed by atoms with E-state index in [1.54, 1.807) is 0 Å². The molecule has 0 radical (unpaired) electrons. The lowest BCUT2D eigenvalue weighted by molar-refractivity contribution is 0.259. The number of rotatable bonds is 5. The molecule has 0 atom stereocenters. The Kier molecular flexibility index (Phi) is 5.12. The van der Waals surface area contributed by atoms with Crippen LogP contribution in [0, 0.1) is 0 Å². The fourth-order valence-corrected chi connectivity index (χ4v) is 3.26. The van der Waals surface area contributed by atoms with E-state index < -0.39 is 0 Å². The van der Waals surface area contributed by atoms with Gasteiger partial charge >= 0.3 is 0 Å². The van der Waals surface area contributed by atoms with Crippen molar-refractivity contribution in [1.82, 2.24) is 0 Å². The van der Waals surface area contributed by atoms with Gasteiger partial charge in [-0.25, -0.2) is 0 Å². The largest absolute Gasteiger partial charge is 0.489 e. The van der Waals surface area contributed by atoms with Crippen LogP contribution in [-0.2, 0) is 13.2 Å². The molecule has 0 heterocycles. The monoisotopic (exact) mass is 296 g/mol. The zero-order chi connectivity index (χ0) is 15.2. The topological polar surface area (TPSA) is 29.5 Å². The molecule has 116 valence electrons. The zero-order valence-corrected chi connectivity index (χ0v) is 13.0. The Morgan fingerprint density at radius 1 is 0.909 bits per heavy atom. The van der Waals surface area contributed by atoms with Gasteiger partial charge in [-0.3, -0.25) is 0 Å². The van der Waals surface area contributed by atoms with Crippen LogP contribution < -0.4 is 4.74 Å². The molecule has 1 aliphatic rings. The summed E-state index contributed by atoms with van der Waals surface area (Å²) in [5.74, 6) is 1.51. The normalized spacial score (nSPS) is 15.7. The van der Waals surface area contributed by atoms with E-state index in [4.69, 9.17) is 4.74 Å². The molecule has 2 nitrogen and oxygen atoms in total. The summed E-state index contributed by atoms with van der Waals surface area (Å²) in [6.45, 7) is 0.554. The van der Waals surface area contributed by atoms with Crippen LogP contribution in [0.3, 0.4) is 0 Å². The van der Waals surface area contributed by atoms with Crippen LogP contribution in [0.5, 0.6) is 5.75 Å². The van der Waals surface area contributed by atoms with E-state index in [2.05, 4.69) is 24.3 Å². The molecule has 0 spiro atoms. The van der Waals surface area contributed by atoms with Crippen LogP contribution in [0.1, 0.15) is 54.7 Å². The maximum Gasteiger partial charge on any atom is 0.125 e. The summed E-state index contributed by atoms with van der Waals surface area (Å²) < 4.78 is 5.84. The van der Waals surface area contributed by atoms with Crippen LogP contribution in [-0.4, -0.2) is 5.11 Å². The molecule has 1 fully saturated rings. The molecule has 0 saturated heterocycles. The van der Waals surface area contributed by atoms with Crippen molar-refractivity contribution in [3.8, 4) is 5.75 Å². The number of para-hydroxylation sites is 1. The number of aliphatic hydroxyl groups is 1. The second-order valence-corrected chi connectivity index (χ2v) is 6.13. The fourth-order valence-electron chi connectivity index (χ4n) is 3.26. The van der Waals surface area contributed by atoms with Crippen molar-refractivity contribution in [1.29, 1.82) is 0 Å². The van der Waals surface area contributed by atoms with Crippen molar-refractivity contribution < 1.29 is 9.84 Å². The first kappa shape index (κ1) is 15.1. The molecule has 3 rings (SSSR count). The third-order valence-electron chi connectivity index (χ3n) is 4.59. The second-order valence-electron chi connectivity index (χ2n) is 6.13. The van der Waals surface area contributed by atoms with Gasteiger partial charge in [0.25, 0.3) is 0 Å². The summed E-state index contributed by atoms with van der Waals surface area (Å²) >= 11 is 0. The average molecular weight is 296 g/mol. The van der Waals surface area contributed by atoms with Gasteiger partial charge in [0.15, 0.2) is 0 Å². The van der Waals surface area contributed by atoms with Gasteiger partial charge in [-0.05, 0) is 36.0 Å². The molecule has 0 amide bonds. The first-order valence-corrected chi connectivity index (χ1v) is 8.27. The van der Waals surface area contributed by atoms with Crippen molar-refractivity contribution in [2.75, 3.05) is 0 Å². The number of hydrogen-bond acceptors (Lipinski definition) is 2. The van der Waals surface area contributed by atoms with Crippen LogP contribution in [0.2, 0.25) is 0 Å². The first-order valence-electron chi connectivity index (χ1n) is 8.27. The summed E-state index contributed by atoms with van der Waals surface area (Å²) in [4.78, 5) is 0. The highest BCUT2D eigenvalue weighted by Gasteiger charge is 2.15. The van der Waals surface area contributed by atoms with Gasteiger partial charge in [0.1, 0.15) is 12.4 Å². The number of ether oxygens (including phenoxy) is 1. The predicted molar refractivity (Wildman–Crippen MR) is 89.0 cm³/mol. The summed E-state index contributed by atoms with van der Waals surface area (Å²) in [5, 5.41) is 9.32. The predicted octanol–water partition coefficient (Wildman–Crippen LogP) is 4.81. The summed E-state index contributed by atoms with van der Waals surface area (Å²) in [6.07, 6.45) is 6.80. The Bertz CT molecular complexity index is 583. The molecule has 22 heavy (non-hydrogen) atoms. The van der Waals surface area contributed by atoms with Crippen molar-refractivity contribution in [2.24, 2.45) is 0 Å². The van der Waals surface area contributed by atoms with Crippen molar-refractivity contribution >= 4 is 0 Å². The number of hydrogen-bond donors (Lipinski definition) is 1. The van der Waals surface area contributed by atoms with E-state index >= 15 is 0 Å². The molecule has 2 aromatic carbocycles. The maximum absolute atomic E-state index is 9.32. The Balaban J connectivity index is 1.61. The molecule has 0 bridgehead atoms. The zero-order valence-electron chi connectivity index (χ0n) is 13.0. The minimum absolute atomic E-state index is 0.0107. The fraction of sp³-hybridized carbons (Fsp3) is 0.400. The quantitative estimate of drug-likeness (QED) is 0.858. The minimum Gasteiger partial charge on any atom is -0.489 e. The Labute approximate surface area is 132 Å². The molecule has 1 saturated carbocycles. The lowest BCUT2D eigenvalue weighted by Gasteiger charge is -2.22. The number of aliphatic hydroxyl groups excluding tert-OH is 1. The van der Waals surface area contributed by atoms with Gasteiger partial charge in [0.05, 0.1) is 6.61 Å². The van der Waals surface area contributed by atoms with Crippen LogP contribution in [0.25, 0.3) is 0 Å². The Morgan fingerprint density at radius 3 is 2.36 bits per heavy atom. The molecular weight excluding hydrogens is 272 g/mol.